The lowest BCUT2D eigenvalue weighted by molar-refractivity contribution is -0.137. The number of halogens is 4. The smallest absolute Gasteiger partial charge is 0.291 e. The van der Waals surface area contributed by atoms with Gasteiger partial charge in [-0.3, -0.25) is 4.79 Å². The fourth-order valence-electron chi connectivity index (χ4n) is 2.11. The molecule has 0 radical (unpaired) electrons. The van der Waals surface area contributed by atoms with E-state index < -0.39 is 27.4 Å². The number of hydrogen-bond donors (Lipinski definition) is 0. The molecule has 0 fully saturated rings. The molecule has 0 aliphatic rings. The Bertz CT molecular complexity index is 894. The maximum atomic E-state index is 12.6. The third-order valence-electron chi connectivity index (χ3n) is 3.47. The van der Waals surface area contributed by atoms with Gasteiger partial charge in [0.1, 0.15) is 5.69 Å². The average Bonchev–Trinajstić information content (AvgIpc) is 2.59. The highest BCUT2D eigenvalue weighted by atomic mass is 79.9. The summed E-state index contributed by atoms with van der Waals surface area (Å²) in [5.74, 6) is -0.725. The zero-order chi connectivity index (χ0) is 18.8. The normalized spacial score (nSPS) is 12.2. The maximum absolute atomic E-state index is 12.6. The molecule has 4 nitrogen and oxygen atoms in total. The summed E-state index contributed by atoms with van der Waals surface area (Å²) in [5, 5.41) is -0.122. The van der Waals surface area contributed by atoms with Gasteiger partial charge in [-0.2, -0.15) is 13.2 Å². The van der Waals surface area contributed by atoms with Crippen molar-refractivity contribution in [2.24, 2.45) is 0 Å². The zero-order valence-electron chi connectivity index (χ0n) is 13.0. The van der Waals surface area contributed by atoms with Crippen molar-refractivity contribution in [3.63, 3.8) is 0 Å². The molecule has 134 valence electrons. The third-order valence-corrected chi connectivity index (χ3v) is 5.74. The first-order valence-electron chi connectivity index (χ1n) is 7.10. The Morgan fingerprint density at radius 3 is 2.20 bits per heavy atom. The monoisotopic (exact) mass is 435 g/mol. The van der Waals surface area contributed by atoms with Crippen molar-refractivity contribution in [2.75, 3.05) is 11.1 Å². The second kappa shape index (κ2) is 7.25. The van der Waals surface area contributed by atoms with Gasteiger partial charge < -0.3 is 0 Å². The van der Waals surface area contributed by atoms with Gasteiger partial charge in [-0.25, -0.2) is 13.4 Å². The van der Waals surface area contributed by atoms with E-state index in [9.17, 15) is 26.4 Å². The molecule has 0 N–H and O–H groups in total. The van der Waals surface area contributed by atoms with E-state index in [2.05, 4.69) is 20.9 Å². The number of hydrogen-bond acceptors (Lipinski definition) is 4. The van der Waals surface area contributed by atoms with E-state index in [4.69, 9.17) is 0 Å². The molecule has 0 aliphatic heterocycles. The van der Waals surface area contributed by atoms with Gasteiger partial charge in [0, 0.05) is 5.56 Å². The summed E-state index contributed by atoms with van der Waals surface area (Å²) in [7, 11) is -3.66. The predicted octanol–water partition coefficient (Wildman–Crippen LogP) is 4.14. The van der Waals surface area contributed by atoms with Crippen LogP contribution in [-0.4, -0.2) is 30.3 Å². The van der Waals surface area contributed by atoms with Crippen molar-refractivity contribution in [3.8, 4) is 11.3 Å². The molecule has 25 heavy (non-hydrogen) atoms. The van der Waals surface area contributed by atoms with Crippen LogP contribution in [0.15, 0.2) is 41.3 Å². The number of sulfone groups is 1. The topological polar surface area (TPSA) is 64.1 Å². The summed E-state index contributed by atoms with van der Waals surface area (Å²) in [5.41, 5.74) is -0.473. The van der Waals surface area contributed by atoms with Crippen molar-refractivity contribution in [1.29, 1.82) is 0 Å². The largest absolute Gasteiger partial charge is 0.416 e. The standard InChI is InChI=1S/C16H13BrF3NO3S/c1-2-25(23,24)14-8-7-12(21-15(14)13(22)9-17)10-3-5-11(6-4-10)16(18,19)20/h3-8H,2,9H2,1H3. The SMILES string of the molecule is CCS(=O)(=O)c1ccc(-c2ccc(C(F)(F)F)cc2)nc1C(=O)CBr. The highest BCUT2D eigenvalue weighted by Gasteiger charge is 2.30. The van der Waals surface area contributed by atoms with Crippen LogP contribution in [0.5, 0.6) is 0 Å². The van der Waals surface area contributed by atoms with E-state index in [0.29, 0.717) is 5.56 Å². The Morgan fingerprint density at radius 1 is 1.12 bits per heavy atom. The van der Waals surface area contributed by atoms with Gasteiger partial charge in [-0.1, -0.05) is 35.0 Å². The van der Waals surface area contributed by atoms with E-state index in [-0.39, 0.29) is 27.4 Å². The lowest BCUT2D eigenvalue weighted by Gasteiger charge is -2.11. The second-order valence-electron chi connectivity index (χ2n) is 5.08. The molecule has 2 rings (SSSR count). The number of nitrogens with zero attached hydrogens (tertiary/aromatic N) is 1. The van der Waals surface area contributed by atoms with E-state index >= 15 is 0 Å². The number of Topliss-reactive ketones (excluding diaryl/α,β-unsaturated/α-hetero) is 1. The second-order valence-corrected chi connectivity index (χ2v) is 7.89. The van der Waals surface area contributed by atoms with Crippen LogP contribution in [-0.2, 0) is 16.0 Å². The Hall–Kier alpha value is -1.74. The predicted molar refractivity (Wildman–Crippen MR) is 90.5 cm³/mol. The van der Waals surface area contributed by atoms with Gasteiger partial charge in [0.2, 0.25) is 0 Å². The van der Waals surface area contributed by atoms with Crippen LogP contribution in [0, 0.1) is 0 Å². The summed E-state index contributed by atoms with van der Waals surface area (Å²) in [6, 6.07) is 6.88. The first-order valence-corrected chi connectivity index (χ1v) is 9.88. The van der Waals surface area contributed by atoms with Gasteiger partial charge in [-0.15, -0.1) is 0 Å². The number of ketones is 1. The van der Waals surface area contributed by atoms with Crippen LogP contribution in [0.4, 0.5) is 13.2 Å². The first-order chi connectivity index (χ1) is 11.6. The zero-order valence-corrected chi connectivity index (χ0v) is 15.4. The molecular weight excluding hydrogens is 423 g/mol. The molecule has 0 aliphatic carbocycles. The van der Waals surface area contributed by atoms with Gasteiger partial charge in [0.15, 0.2) is 15.6 Å². The number of alkyl halides is 4. The van der Waals surface area contributed by atoms with Crippen molar-refractivity contribution >= 4 is 31.6 Å². The molecule has 0 saturated heterocycles. The van der Waals surface area contributed by atoms with Crippen molar-refractivity contribution in [1.82, 2.24) is 4.98 Å². The van der Waals surface area contributed by atoms with Crippen LogP contribution in [0.3, 0.4) is 0 Å². The molecule has 0 bridgehead atoms. The lowest BCUT2D eigenvalue weighted by atomic mass is 10.1. The molecule has 1 aromatic heterocycles. The molecule has 0 spiro atoms. The van der Waals surface area contributed by atoms with Crippen molar-refractivity contribution < 1.29 is 26.4 Å². The Morgan fingerprint density at radius 2 is 1.72 bits per heavy atom. The third kappa shape index (κ3) is 4.27. The van der Waals surface area contributed by atoms with Gasteiger partial charge in [0.05, 0.1) is 27.2 Å². The Labute approximate surface area is 151 Å². The first kappa shape index (κ1) is 19.6. The van der Waals surface area contributed by atoms with Crippen LogP contribution >= 0.6 is 15.9 Å². The summed E-state index contributed by atoms with van der Waals surface area (Å²) >= 11 is 2.98. The number of aromatic nitrogens is 1. The molecule has 0 amide bonds. The summed E-state index contributed by atoms with van der Waals surface area (Å²) in [6.45, 7) is 1.45. The van der Waals surface area contributed by atoms with Gasteiger partial charge in [0.25, 0.3) is 0 Å². The van der Waals surface area contributed by atoms with E-state index in [1.165, 1.54) is 31.2 Å². The number of rotatable bonds is 5. The summed E-state index contributed by atoms with van der Waals surface area (Å²) < 4.78 is 62.1. The van der Waals surface area contributed by atoms with Gasteiger partial charge >= 0.3 is 6.18 Å². The quantitative estimate of drug-likeness (QED) is 0.522. The minimum absolute atomic E-state index is 0.122. The van der Waals surface area contributed by atoms with Crippen LogP contribution in [0.1, 0.15) is 23.0 Å². The molecule has 0 unspecified atom stereocenters. The molecular formula is C16H13BrF3NO3S. The number of benzene rings is 1. The van der Waals surface area contributed by atoms with Crippen LogP contribution in [0.2, 0.25) is 0 Å². The van der Waals surface area contributed by atoms with E-state index in [0.717, 1.165) is 12.1 Å². The number of carbonyl (C=O) groups is 1. The van der Waals surface area contributed by atoms with E-state index in [1.807, 2.05) is 0 Å². The molecule has 2 aromatic rings. The van der Waals surface area contributed by atoms with Crippen molar-refractivity contribution in [2.45, 2.75) is 18.0 Å². The van der Waals surface area contributed by atoms with Crippen molar-refractivity contribution in [3.05, 3.63) is 47.7 Å². The van der Waals surface area contributed by atoms with Crippen LogP contribution in [0.25, 0.3) is 11.3 Å². The highest BCUT2D eigenvalue weighted by molar-refractivity contribution is 9.09. The molecule has 0 saturated carbocycles. The molecule has 1 heterocycles. The number of carbonyl (C=O) groups excluding carboxylic acids is 1. The highest BCUT2D eigenvalue weighted by Crippen LogP contribution is 2.31. The molecule has 9 heteroatoms. The van der Waals surface area contributed by atoms with Gasteiger partial charge in [-0.05, 0) is 24.3 Å². The minimum Gasteiger partial charge on any atom is -0.291 e. The Balaban J connectivity index is 2.56. The summed E-state index contributed by atoms with van der Waals surface area (Å²) in [4.78, 5) is 15.9. The summed E-state index contributed by atoms with van der Waals surface area (Å²) in [6.07, 6.45) is -4.46. The van der Waals surface area contributed by atoms with Crippen LogP contribution < -0.4 is 0 Å². The minimum atomic E-state index is -4.46. The Kier molecular flexibility index (Phi) is 5.68. The maximum Gasteiger partial charge on any atom is 0.416 e. The lowest BCUT2D eigenvalue weighted by Crippen LogP contribution is -2.14. The van der Waals surface area contributed by atoms with E-state index in [1.54, 1.807) is 0 Å². The fourth-order valence-corrected chi connectivity index (χ4v) is 3.41. The molecule has 0 atom stereocenters. The molecule has 1 aromatic carbocycles. The average molecular weight is 436 g/mol. The number of pyridine rings is 1. The fraction of sp³-hybridized carbons (Fsp3) is 0.250.